The Morgan fingerprint density at radius 1 is 1.20 bits per heavy atom. The van der Waals surface area contributed by atoms with Gasteiger partial charge in [-0.15, -0.1) is 0 Å². The molecule has 3 nitrogen and oxygen atoms in total. The Morgan fingerprint density at radius 2 is 1.80 bits per heavy atom. The molecule has 0 bridgehead atoms. The Morgan fingerprint density at radius 3 is 2.40 bits per heavy atom. The number of benzene rings is 1. The van der Waals surface area contributed by atoms with E-state index in [0.29, 0.717) is 13.1 Å². The van der Waals surface area contributed by atoms with E-state index >= 15 is 0 Å². The van der Waals surface area contributed by atoms with Crippen LogP contribution in [0.1, 0.15) is 23.7 Å². The first-order valence-corrected chi connectivity index (χ1v) is 7.07. The molecule has 0 aromatic heterocycles. The number of hydrogen-bond donors (Lipinski definition) is 0. The maximum atomic E-state index is 13.2. The average molecular weight is 303 g/mol. The van der Waals surface area contributed by atoms with Gasteiger partial charge in [0.05, 0.1) is 10.6 Å². The number of carbonyl (C=O) groups excluding carboxylic acids is 1. The van der Waals surface area contributed by atoms with Crippen molar-refractivity contribution >= 4 is 17.5 Å². The largest absolute Gasteiger partial charge is 0.336 e. The van der Waals surface area contributed by atoms with Crippen LogP contribution in [-0.2, 0) is 0 Å². The summed E-state index contributed by atoms with van der Waals surface area (Å²) < 4.78 is 26.2. The van der Waals surface area contributed by atoms with E-state index in [-0.39, 0.29) is 16.5 Å². The SMILES string of the molecule is CCCN1CCN(C(=O)c2cc(F)c(F)cc2Cl)CC1. The second-order valence-corrected chi connectivity index (χ2v) is 5.29. The molecular weight excluding hydrogens is 286 g/mol. The summed E-state index contributed by atoms with van der Waals surface area (Å²) >= 11 is 5.83. The van der Waals surface area contributed by atoms with Crippen LogP contribution in [0.5, 0.6) is 0 Å². The van der Waals surface area contributed by atoms with Crippen molar-refractivity contribution in [2.24, 2.45) is 0 Å². The minimum absolute atomic E-state index is 0.0227. The molecule has 1 aromatic carbocycles. The van der Waals surface area contributed by atoms with Gasteiger partial charge in [0.1, 0.15) is 0 Å². The lowest BCUT2D eigenvalue weighted by Crippen LogP contribution is -2.48. The molecule has 1 aliphatic rings. The number of nitrogens with zero attached hydrogens (tertiary/aromatic N) is 2. The van der Waals surface area contributed by atoms with Gasteiger partial charge >= 0.3 is 0 Å². The van der Waals surface area contributed by atoms with Crippen molar-refractivity contribution in [2.45, 2.75) is 13.3 Å². The van der Waals surface area contributed by atoms with Crippen molar-refractivity contribution < 1.29 is 13.6 Å². The van der Waals surface area contributed by atoms with Gasteiger partial charge in [-0.05, 0) is 25.1 Å². The predicted molar refractivity (Wildman–Crippen MR) is 74.0 cm³/mol. The van der Waals surface area contributed by atoms with Crippen molar-refractivity contribution in [1.82, 2.24) is 9.80 Å². The fraction of sp³-hybridized carbons (Fsp3) is 0.500. The fourth-order valence-corrected chi connectivity index (χ4v) is 2.58. The van der Waals surface area contributed by atoms with Gasteiger partial charge in [-0.3, -0.25) is 9.69 Å². The van der Waals surface area contributed by atoms with Crippen molar-refractivity contribution in [2.75, 3.05) is 32.7 Å². The molecule has 1 heterocycles. The monoisotopic (exact) mass is 302 g/mol. The average Bonchev–Trinajstić information content (AvgIpc) is 2.43. The standard InChI is InChI=1S/C14H17ClF2N2O/c1-2-3-18-4-6-19(7-5-18)14(20)10-8-12(16)13(17)9-11(10)15/h8-9H,2-7H2,1H3. The summed E-state index contributed by atoms with van der Waals surface area (Å²) in [5.41, 5.74) is 0.0227. The molecular formula is C14H17ClF2N2O. The van der Waals surface area contributed by atoms with Gasteiger partial charge in [-0.2, -0.15) is 0 Å². The highest BCUT2D eigenvalue weighted by molar-refractivity contribution is 6.33. The quantitative estimate of drug-likeness (QED) is 0.802. The number of rotatable bonds is 3. The van der Waals surface area contributed by atoms with Crippen LogP contribution < -0.4 is 0 Å². The molecule has 0 atom stereocenters. The van der Waals surface area contributed by atoms with E-state index in [9.17, 15) is 13.6 Å². The minimum Gasteiger partial charge on any atom is -0.336 e. The molecule has 0 spiro atoms. The number of piperazine rings is 1. The third-order valence-corrected chi connectivity index (χ3v) is 3.75. The topological polar surface area (TPSA) is 23.6 Å². The molecule has 0 unspecified atom stereocenters. The number of carbonyl (C=O) groups is 1. The van der Waals surface area contributed by atoms with E-state index in [1.807, 2.05) is 0 Å². The highest BCUT2D eigenvalue weighted by atomic mass is 35.5. The third kappa shape index (κ3) is 3.27. The van der Waals surface area contributed by atoms with Crippen LogP contribution in [0.2, 0.25) is 5.02 Å². The third-order valence-electron chi connectivity index (χ3n) is 3.44. The lowest BCUT2D eigenvalue weighted by molar-refractivity contribution is 0.0637. The molecule has 1 aliphatic heterocycles. The van der Waals surface area contributed by atoms with Gasteiger partial charge in [0, 0.05) is 26.2 Å². The summed E-state index contributed by atoms with van der Waals surface area (Å²) in [7, 11) is 0. The van der Waals surface area contributed by atoms with Gasteiger partial charge in [0.15, 0.2) is 11.6 Å². The van der Waals surface area contributed by atoms with Crippen LogP contribution in [0, 0.1) is 11.6 Å². The molecule has 0 saturated carbocycles. The van der Waals surface area contributed by atoms with E-state index in [2.05, 4.69) is 11.8 Å². The van der Waals surface area contributed by atoms with Gasteiger partial charge in [-0.1, -0.05) is 18.5 Å². The van der Waals surface area contributed by atoms with Crippen molar-refractivity contribution in [1.29, 1.82) is 0 Å². The molecule has 1 aromatic rings. The Balaban J connectivity index is 2.07. The maximum absolute atomic E-state index is 13.2. The maximum Gasteiger partial charge on any atom is 0.255 e. The molecule has 1 amide bonds. The number of halogens is 3. The first kappa shape index (κ1) is 15.2. The van der Waals surface area contributed by atoms with Gasteiger partial charge in [-0.25, -0.2) is 8.78 Å². The molecule has 20 heavy (non-hydrogen) atoms. The summed E-state index contributed by atoms with van der Waals surface area (Å²) in [5, 5.41) is -0.0510. The van der Waals surface area contributed by atoms with Crippen molar-refractivity contribution in [3.63, 3.8) is 0 Å². The summed E-state index contributed by atoms with van der Waals surface area (Å²) in [6.45, 7) is 5.86. The minimum atomic E-state index is -1.05. The van der Waals surface area contributed by atoms with Gasteiger partial charge in [0.2, 0.25) is 0 Å². The molecule has 0 radical (unpaired) electrons. The Hall–Kier alpha value is -1.20. The van der Waals surface area contributed by atoms with E-state index in [1.54, 1.807) is 4.90 Å². The van der Waals surface area contributed by atoms with Crippen LogP contribution in [0.4, 0.5) is 8.78 Å². The first-order chi connectivity index (χ1) is 9.52. The molecule has 1 fully saturated rings. The van der Waals surface area contributed by atoms with E-state index < -0.39 is 11.6 Å². The molecule has 1 saturated heterocycles. The van der Waals surface area contributed by atoms with E-state index in [0.717, 1.165) is 38.2 Å². The summed E-state index contributed by atoms with van der Waals surface area (Å²) in [6.07, 6.45) is 1.07. The molecule has 110 valence electrons. The van der Waals surface area contributed by atoms with Crippen LogP contribution in [0.15, 0.2) is 12.1 Å². The number of hydrogen-bond acceptors (Lipinski definition) is 2. The summed E-state index contributed by atoms with van der Waals surface area (Å²) in [5.74, 6) is -2.44. The van der Waals surface area contributed by atoms with Gasteiger partial charge in [0.25, 0.3) is 5.91 Å². The zero-order valence-electron chi connectivity index (χ0n) is 11.3. The lowest BCUT2D eigenvalue weighted by Gasteiger charge is -2.34. The summed E-state index contributed by atoms with van der Waals surface area (Å²) in [6, 6.07) is 1.72. The smallest absolute Gasteiger partial charge is 0.255 e. The van der Waals surface area contributed by atoms with Crippen molar-refractivity contribution in [3.05, 3.63) is 34.4 Å². The zero-order valence-corrected chi connectivity index (χ0v) is 12.1. The number of amides is 1. The van der Waals surface area contributed by atoms with Crippen LogP contribution in [-0.4, -0.2) is 48.4 Å². The second kappa shape index (κ2) is 6.50. The second-order valence-electron chi connectivity index (χ2n) is 4.88. The normalized spacial score (nSPS) is 16.5. The Kier molecular flexibility index (Phi) is 4.94. The van der Waals surface area contributed by atoms with Gasteiger partial charge < -0.3 is 4.90 Å². The highest BCUT2D eigenvalue weighted by Gasteiger charge is 2.24. The van der Waals surface area contributed by atoms with Crippen LogP contribution in [0.3, 0.4) is 0 Å². The first-order valence-electron chi connectivity index (χ1n) is 6.69. The van der Waals surface area contributed by atoms with E-state index in [1.165, 1.54) is 0 Å². The van der Waals surface area contributed by atoms with E-state index in [4.69, 9.17) is 11.6 Å². The van der Waals surface area contributed by atoms with Crippen molar-refractivity contribution in [3.8, 4) is 0 Å². The lowest BCUT2D eigenvalue weighted by atomic mass is 10.1. The fourth-order valence-electron chi connectivity index (χ4n) is 2.35. The molecule has 0 aliphatic carbocycles. The predicted octanol–water partition coefficient (Wildman–Crippen LogP) is 2.79. The summed E-state index contributed by atoms with van der Waals surface area (Å²) in [4.78, 5) is 16.2. The van der Waals surface area contributed by atoms with Crippen LogP contribution >= 0.6 is 11.6 Å². The molecule has 6 heteroatoms. The molecule has 0 N–H and O–H groups in total. The van der Waals surface area contributed by atoms with Crippen LogP contribution in [0.25, 0.3) is 0 Å². The Labute approximate surface area is 122 Å². The zero-order chi connectivity index (χ0) is 14.7. The molecule has 2 rings (SSSR count). The highest BCUT2D eigenvalue weighted by Crippen LogP contribution is 2.22. The Bertz CT molecular complexity index is 502.